The topological polar surface area (TPSA) is 55.1 Å². The van der Waals surface area contributed by atoms with Crippen molar-refractivity contribution in [2.45, 2.75) is 51.5 Å². The van der Waals surface area contributed by atoms with Gasteiger partial charge in [-0.25, -0.2) is 0 Å². The summed E-state index contributed by atoms with van der Waals surface area (Å²) >= 11 is 0. The molecule has 0 spiro atoms. The highest BCUT2D eigenvalue weighted by atomic mass is 16.1. The molecule has 3 heteroatoms. The Balaban J connectivity index is 1.75. The summed E-state index contributed by atoms with van der Waals surface area (Å²) in [6.45, 7) is 4.80. The van der Waals surface area contributed by atoms with Crippen LogP contribution in [0.15, 0.2) is 0 Å². The molecule has 2 rings (SSSR count). The van der Waals surface area contributed by atoms with E-state index in [1.54, 1.807) is 0 Å². The van der Waals surface area contributed by atoms with Gasteiger partial charge < -0.3 is 11.1 Å². The van der Waals surface area contributed by atoms with E-state index in [1.165, 1.54) is 6.42 Å². The van der Waals surface area contributed by atoms with Gasteiger partial charge in [-0.15, -0.1) is 0 Å². The molecular weight excluding hydrogens is 200 g/mol. The van der Waals surface area contributed by atoms with E-state index in [4.69, 9.17) is 5.73 Å². The van der Waals surface area contributed by atoms with Crippen molar-refractivity contribution in [2.75, 3.05) is 6.54 Å². The highest BCUT2D eigenvalue weighted by Gasteiger charge is 2.48. The van der Waals surface area contributed by atoms with Crippen LogP contribution in [0.2, 0.25) is 0 Å². The number of hydrogen-bond acceptors (Lipinski definition) is 2. The first-order valence-electron chi connectivity index (χ1n) is 6.64. The first-order valence-corrected chi connectivity index (χ1v) is 6.64. The lowest BCUT2D eigenvalue weighted by Gasteiger charge is -2.27. The molecule has 2 saturated carbocycles. The van der Waals surface area contributed by atoms with Crippen LogP contribution in [0.5, 0.6) is 0 Å². The van der Waals surface area contributed by atoms with Gasteiger partial charge in [-0.2, -0.15) is 0 Å². The molecule has 0 aromatic rings. The van der Waals surface area contributed by atoms with Crippen molar-refractivity contribution in [3.8, 4) is 0 Å². The van der Waals surface area contributed by atoms with Crippen LogP contribution in [0.25, 0.3) is 0 Å². The van der Waals surface area contributed by atoms with Crippen LogP contribution in [0.3, 0.4) is 0 Å². The number of rotatable bonds is 5. The molecule has 0 heterocycles. The van der Waals surface area contributed by atoms with E-state index in [9.17, 15) is 4.79 Å². The first kappa shape index (κ1) is 11.9. The number of nitrogens with two attached hydrogens (primary N) is 1. The maximum absolute atomic E-state index is 11.9. The van der Waals surface area contributed by atoms with Crippen molar-refractivity contribution in [3.63, 3.8) is 0 Å². The van der Waals surface area contributed by atoms with Gasteiger partial charge in [0.2, 0.25) is 5.91 Å². The minimum Gasteiger partial charge on any atom is -0.354 e. The van der Waals surface area contributed by atoms with Crippen LogP contribution in [-0.2, 0) is 4.79 Å². The van der Waals surface area contributed by atoms with Gasteiger partial charge in [0, 0.05) is 18.0 Å². The molecular formula is C13H24N2O. The third-order valence-corrected chi connectivity index (χ3v) is 4.64. The number of fused-ring (bicyclic) bond motifs is 1. The molecule has 2 atom stereocenters. The molecule has 0 aliphatic heterocycles. The van der Waals surface area contributed by atoms with Crippen molar-refractivity contribution >= 4 is 5.91 Å². The lowest BCUT2D eigenvalue weighted by molar-refractivity contribution is -0.125. The summed E-state index contributed by atoms with van der Waals surface area (Å²) in [7, 11) is 0. The fraction of sp³-hybridized carbons (Fsp3) is 0.923. The Labute approximate surface area is 98.2 Å². The van der Waals surface area contributed by atoms with Crippen molar-refractivity contribution in [1.82, 2.24) is 5.32 Å². The number of hydrogen-bond donors (Lipinski definition) is 2. The second-order valence-electron chi connectivity index (χ2n) is 5.71. The summed E-state index contributed by atoms with van der Waals surface area (Å²) in [6.07, 6.45) is 5.44. The summed E-state index contributed by atoms with van der Waals surface area (Å²) < 4.78 is 0. The van der Waals surface area contributed by atoms with Gasteiger partial charge >= 0.3 is 0 Å². The minimum absolute atomic E-state index is 0.211. The largest absolute Gasteiger partial charge is 0.354 e. The van der Waals surface area contributed by atoms with Crippen LogP contribution in [0, 0.1) is 17.8 Å². The predicted octanol–water partition coefficient (Wildman–Crippen LogP) is 1.67. The van der Waals surface area contributed by atoms with E-state index >= 15 is 0 Å². The Morgan fingerprint density at radius 2 is 1.81 bits per heavy atom. The Morgan fingerprint density at radius 3 is 2.31 bits per heavy atom. The van der Waals surface area contributed by atoms with Gasteiger partial charge in [-0.1, -0.05) is 13.8 Å². The number of nitrogens with one attached hydrogen (secondary N) is 1. The number of carbonyl (C=O) groups is 1. The van der Waals surface area contributed by atoms with E-state index in [1.807, 2.05) is 0 Å². The average Bonchev–Trinajstić information content (AvgIpc) is 2.92. The third kappa shape index (κ3) is 2.40. The summed E-state index contributed by atoms with van der Waals surface area (Å²) in [5.41, 5.74) is 5.95. The fourth-order valence-corrected chi connectivity index (χ4v) is 2.84. The smallest absolute Gasteiger partial charge is 0.223 e. The normalized spacial score (nSPS) is 32.3. The molecule has 2 fully saturated rings. The molecule has 0 aromatic carbocycles. The second kappa shape index (κ2) is 4.36. The summed E-state index contributed by atoms with van der Waals surface area (Å²) in [5, 5.41) is 3.04. The van der Waals surface area contributed by atoms with Gasteiger partial charge in [0.25, 0.3) is 0 Å². The van der Waals surface area contributed by atoms with Gasteiger partial charge in [-0.3, -0.25) is 4.79 Å². The summed E-state index contributed by atoms with van der Waals surface area (Å²) in [4.78, 5) is 11.9. The summed E-state index contributed by atoms with van der Waals surface area (Å²) in [5.74, 6) is 2.26. The zero-order valence-corrected chi connectivity index (χ0v) is 10.5. The molecule has 92 valence electrons. The van der Waals surface area contributed by atoms with Crippen LogP contribution in [-0.4, -0.2) is 18.0 Å². The van der Waals surface area contributed by atoms with E-state index < -0.39 is 0 Å². The molecule has 3 nitrogen and oxygen atoms in total. The minimum atomic E-state index is -0.211. The van der Waals surface area contributed by atoms with Crippen molar-refractivity contribution in [2.24, 2.45) is 23.5 Å². The molecule has 16 heavy (non-hydrogen) atoms. The van der Waals surface area contributed by atoms with E-state index in [-0.39, 0.29) is 17.4 Å². The van der Waals surface area contributed by atoms with E-state index in [0.29, 0.717) is 6.54 Å². The van der Waals surface area contributed by atoms with E-state index in [0.717, 1.165) is 37.5 Å². The molecule has 3 N–H and O–H groups in total. The fourth-order valence-electron chi connectivity index (χ4n) is 2.84. The third-order valence-electron chi connectivity index (χ3n) is 4.64. The standard InChI is InChI=1S/C13H24N2O/c1-3-13(14,4-2)8-15-12(16)11-6-9-5-10(9)7-11/h9-11H,3-8,14H2,1-2H3,(H,15,16). The molecule has 0 saturated heterocycles. The van der Waals surface area contributed by atoms with E-state index in [2.05, 4.69) is 19.2 Å². The van der Waals surface area contributed by atoms with Crippen molar-refractivity contribution < 1.29 is 4.79 Å². The van der Waals surface area contributed by atoms with Crippen LogP contribution < -0.4 is 11.1 Å². The van der Waals surface area contributed by atoms with Gasteiger partial charge in [-0.05, 0) is 43.9 Å². The molecule has 2 aliphatic carbocycles. The monoisotopic (exact) mass is 224 g/mol. The lowest BCUT2D eigenvalue weighted by Crippen LogP contribution is -2.50. The highest BCUT2D eigenvalue weighted by molar-refractivity contribution is 5.79. The molecule has 2 aliphatic rings. The van der Waals surface area contributed by atoms with Crippen LogP contribution >= 0.6 is 0 Å². The van der Waals surface area contributed by atoms with Crippen LogP contribution in [0.1, 0.15) is 46.0 Å². The SMILES string of the molecule is CCC(N)(CC)CNC(=O)C1CC2CC2C1. The highest BCUT2D eigenvalue weighted by Crippen LogP contribution is 2.54. The maximum atomic E-state index is 11.9. The molecule has 0 radical (unpaired) electrons. The zero-order valence-electron chi connectivity index (χ0n) is 10.5. The lowest BCUT2D eigenvalue weighted by atomic mass is 9.93. The Kier molecular flexibility index (Phi) is 3.24. The average molecular weight is 224 g/mol. The first-order chi connectivity index (χ1) is 7.58. The Bertz CT molecular complexity index is 263. The molecule has 2 unspecified atom stereocenters. The number of amides is 1. The molecule has 1 amide bonds. The van der Waals surface area contributed by atoms with Crippen molar-refractivity contribution in [1.29, 1.82) is 0 Å². The van der Waals surface area contributed by atoms with Crippen LogP contribution in [0.4, 0.5) is 0 Å². The summed E-state index contributed by atoms with van der Waals surface area (Å²) in [6, 6.07) is 0. The quantitative estimate of drug-likeness (QED) is 0.746. The van der Waals surface area contributed by atoms with Gasteiger partial charge in [0.1, 0.15) is 0 Å². The zero-order chi connectivity index (χ0) is 11.8. The Hall–Kier alpha value is -0.570. The van der Waals surface area contributed by atoms with Gasteiger partial charge in [0.15, 0.2) is 0 Å². The maximum Gasteiger partial charge on any atom is 0.223 e. The second-order valence-corrected chi connectivity index (χ2v) is 5.71. The predicted molar refractivity (Wildman–Crippen MR) is 64.8 cm³/mol. The van der Waals surface area contributed by atoms with Gasteiger partial charge in [0.05, 0.1) is 0 Å². The Morgan fingerprint density at radius 1 is 1.25 bits per heavy atom. The molecule has 0 aromatic heterocycles. The van der Waals surface area contributed by atoms with Crippen molar-refractivity contribution in [3.05, 3.63) is 0 Å². The number of carbonyl (C=O) groups excluding carboxylic acids is 1. The molecule has 0 bridgehead atoms.